The summed E-state index contributed by atoms with van der Waals surface area (Å²) in [6, 6.07) is 11.5. The highest BCUT2D eigenvalue weighted by molar-refractivity contribution is 6.30. The Kier molecular flexibility index (Phi) is 6.81. The number of carbonyl (C=O) groups is 2. The van der Waals surface area contributed by atoms with Gasteiger partial charge in [-0.3, -0.25) is 0 Å². The van der Waals surface area contributed by atoms with Crippen LogP contribution in [0.15, 0.2) is 36.4 Å². The van der Waals surface area contributed by atoms with Crippen molar-refractivity contribution >= 4 is 29.5 Å². The van der Waals surface area contributed by atoms with Gasteiger partial charge in [-0.2, -0.15) is 0 Å². The molecular weight excluding hydrogens is 414 g/mol. The molecule has 2 aromatic carbocycles. The molecule has 2 atom stereocenters. The van der Waals surface area contributed by atoms with E-state index in [2.05, 4.69) is 17.0 Å². The van der Waals surface area contributed by atoms with E-state index >= 15 is 0 Å². The smallest absolute Gasteiger partial charge is 0.337 e. The summed E-state index contributed by atoms with van der Waals surface area (Å²) >= 11 is 6.29. The minimum atomic E-state index is -0.376. The quantitative estimate of drug-likeness (QED) is 0.489. The monoisotopic (exact) mass is 441 g/mol. The minimum Gasteiger partial charge on any atom is -0.491 e. The lowest BCUT2D eigenvalue weighted by Gasteiger charge is -2.38. The maximum absolute atomic E-state index is 12.2. The van der Waals surface area contributed by atoms with Gasteiger partial charge in [0.05, 0.1) is 25.0 Å². The lowest BCUT2D eigenvalue weighted by Crippen LogP contribution is -2.39. The lowest BCUT2D eigenvalue weighted by molar-refractivity contribution is -0.115. The highest BCUT2D eigenvalue weighted by atomic mass is 35.5. The van der Waals surface area contributed by atoms with Gasteiger partial charge in [0.15, 0.2) is 0 Å². The van der Waals surface area contributed by atoms with Gasteiger partial charge in [0.2, 0.25) is 0 Å². The maximum atomic E-state index is 12.2. The Morgan fingerprint density at radius 1 is 1.19 bits per heavy atom. The summed E-state index contributed by atoms with van der Waals surface area (Å²) in [5.41, 5.74) is 3.80. The van der Waals surface area contributed by atoms with Crippen LogP contribution in [0.25, 0.3) is 0 Å². The minimum absolute atomic E-state index is 0.0935. The molecule has 0 amide bonds. The summed E-state index contributed by atoms with van der Waals surface area (Å²) in [6.07, 6.45) is 5.94. The van der Waals surface area contributed by atoms with E-state index in [0.717, 1.165) is 61.4 Å². The van der Waals surface area contributed by atoms with E-state index in [1.807, 2.05) is 18.2 Å². The second-order valence-corrected chi connectivity index (χ2v) is 8.85. The number of hydrogen-bond donors (Lipinski definition) is 0. The maximum Gasteiger partial charge on any atom is 0.337 e. The summed E-state index contributed by atoms with van der Waals surface area (Å²) in [5, 5.41) is 0.741. The molecule has 0 N–H and O–H groups in total. The van der Waals surface area contributed by atoms with Gasteiger partial charge in [-0.15, -0.1) is 0 Å². The first kappa shape index (κ1) is 21.7. The topological polar surface area (TPSA) is 55.8 Å². The zero-order valence-electron chi connectivity index (χ0n) is 17.8. The van der Waals surface area contributed by atoms with Gasteiger partial charge in [-0.05, 0) is 79.5 Å². The molecule has 164 valence electrons. The van der Waals surface area contributed by atoms with Crippen molar-refractivity contribution in [3.8, 4) is 5.75 Å². The Labute approximate surface area is 188 Å². The third kappa shape index (κ3) is 4.87. The largest absolute Gasteiger partial charge is 0.491 e. The first-order valence-corrected chi connectivity index (χ1v) is 11.3. The SMILES string of the molecule is COC(=O)c1ccc2c(c1)N(C[C@@H]1CC[C@H]1C=O)Cc1ccc(Cl)cc1CCCCO2. The van der Waals surface area contributed by atoms with E-state index in [4.69, 9.17) is 21.1 Å². The van der Waals surface area contributed by atoms with Gasteiger partial charge in [-0.1, -0.05) is 17.7 Å². The number of nitrogens with zero attached hydrogens (tertiary/aromatic N) is 1. The highest BCUT2D eigenvalue weighted by Gasteiger charge is 2.33. The number of fused-ring (bicyclic) bond motifs is 2. The zero-order valence-corrected chi connectivity index (χ0v) is 18.6. The first-order valence-electron chi connectivity index (χ1n) is 10.9. The van der Waals surface area contributed by atoms with Gasteiger partial charge >= 0.3 is 5.97 Å². The van der Waals surface area contributed by atoms with E-state index in [0.29, 0.717) is 24.6 Å². The molecule has 1 fully saturated rings. The predicted octanol–water partition coefficient (Wildman–Crippen LogP) is 5.07. The number of ether oxygens (including phenoxy) is 2. The third-order valence-corrected chi connectivity index (χ3v) is 6.69. The summed E-state index contributed by atoms with van der Waals surface area (Å²) in [5.74, 6) is 0.773. The van der Waals surface area contributed by atoms with Crippen molar-refractivity contribution in [2.75, 3.05) is 25.2 Å². The molecule has 0 saturated heterocycles. The second kappa shape index (κ2) is 9.73. The summed E-state index contributed by atoms with van der Waals surface area (Å²) in [6.45, 7) is 2.00. The van der Waals surface area contributed by atoms with E-state index < -0.39 is 0 Å². The normalized spacial score (nSPS) is 20.9. The molecule has 4 rings (SSSR count). The van der Waals surface area contributed by atoms with Crippen LogP contribution < -0.4 is 9.64 Å². The van der Waals surface area contributed by atoms with Crippen molar-refractivity contribution in [1.82, 2.24) is 0 Å². The van der Waals surface area contributed by atoms with Crippen molar-refractivity contribution in [2.24, 2.45) is 11.8 Å². The Morgan fingerprint density at radius 3 is 2.81 bits per heavy atom. The van der Waals surface area contributed by atoms with Crippen molar-refractivity contribution < 1.29 is 19.1 Å². The highest BCUT2D eigenvalue weighted by Crippen LogP contribution is 2.38. The zero-order chi connectivity index (χ0) is 21.8. The molecule has 31 heavy (non-hydrogen) atoms. The van der Waals surface area contributed by atoms with Crippen LogP contribution in [0.1, 0.15) is 47.2 Å². The van der Waals surface area contributed by atoms with Crippen LogP contribution in [0.4, 0.5) is 5.69 Å². The molecule has 5 nitrogen and oxygen atoms in total. The molecule has 1 aliphatic heterocycles. The fraction of sp³-hybridized carbons (Fsp3) is 0.440. The Hall–Kier alpha value is -2.53. The Morgan fingerprint density at radius 2 is 2.06 bits per heavy atom. The molecule has 0 radical (unpaired) electrons. The Balaban J connectivity index is 1.76. The van der Waals surface area contributed by atoms with Crippen LogP contribution in [0, 0.1) is 11.8 Å². The summed E-state index contributed by atoms with van der Waals surface area (Å²) in [4.78, 5) is 25.9. The third-order valence-electron chi connectivity index (χ3n) is 6.45. The Bertz CT molecular complexity index is 961. The van der Waals surface area contributed by atoms with Crippen LogP contribution in [0.5, 0.6) is 5.75 Å². The second-order valence-electron chi connectivity index (χ2n) is 8.41. The van der Waals surface area contributed by atoms with Gasteiger partial charge in [0.1, 0.15) is 12.0 Å². The van der Waals surface area contributed by atoms with E-state index in [-0.39, 0.29) is 11.9 Å². The summed E-state index contributed by atoms with van der Waals surface area (Å²) in [7, 11) is 1.38. The average molecular weight is 442 g/mol. The fourth-order valence-electron chi connectivity index (χ4n) is 4.45. The van der Waals surface area contributed by atoms with Crippen LogP contribution in [0.2, 0.25) is 5.02 Å². The first-order chi connectivity index (χ1) is 15.1. The number of benzene rings is 2. The molecule has 0 aromatic heterocycles. The van der Waals surface area contributed by atoms with Crippen LogP contribution >= 0.6 is 11.6 Å². The number of rotatable bonds is 4. The summed E-state index contributed by atoms with van der Waals surface area (Å²) < 4.78 is 11.1. The van der Waals surface area contributed by atoms with Gasteiger partial charge in [-0.25, -0.2) is 4.79 Å². The molecule has 0 unspecified atom stereocenters. The molecule has 2 aromatic rings. The van der Waals surface area contributed by atoms with Crippen molar-refractivity contribution in [3.05, 3.63) is 58.1 Å². The lowest BCUT2D eigenvalue weighted by atomic mass is 9.74. The van der Waals surface area contributed by atoms with E-state index in [1.54, 1.807) is 6.07 Å². The molecule has 1 saturated carbocycles. The number of halogens is 1. The number of aldehydes is 1. The van der Waals surface area contributed by atoms with Gasteiger partial charge in [0, 0.05) is 24.0 Å². The van der Waals surface area contributed by atoms with Crippen LogP contribution in [-0.2, 0) is 22.5 Å². The number of esters is 1. The number of anilines is 1. The number of methoxy groups -OCH3 is 1. The standard InChI is InChI=1S/C25H28ClNO4/c1-30-25(29)18-8-10-24-23(13-18)27(15-20-5-6-21(20)16-28)14-19-7-9-22(26)12-17(19)4-2-3-11-31-24/h7-10,12-13,16,20-21H,2-6,11,14-15H2,1H3/t20-,21-/m0/s1. The molecule has 0 bridgehead atoms. The molecule has 6 heteroatoms. The van der Waals surface area contributed by atoms with E-state index in [1.165, 1.54) is 18.2 Å². The average Bonchev–Trinajstić information content (AvgIpc) is 2.79. The van der Waals surface area contributed by atoms with Gasteiger partial charge in [0.25, 0.3) is 0 Å². The number of carbonyl (C=O) groups excluding carboxylic acids is 2. The molecule has 1 heterocycles. The predicted molar refractivity (Wildman–Crippen MR) is 121 cm³/mol. The number of aryl methyl sites for hydroxylation is 1. The van der Waals surface area contributed by atoms with Crippen molar-refractivity contribution in [2.45, 2.75) is 38.6 Å². The van der Waals surface area contributed by atoms with Crippen molar-refractivity contribution in [3.63, 3.8) is 0 Å². The van der Waals surface area contributed by atoms with Crippen molar-refractivity contribution in [1.29, 1.82) is 0 Å². The molecular formula is C25H28ClNO4. The van der Waals surface area contributed by atoms with Crippen LogP contribution in [0.3, 0.4) is 0 Å². The molecule has 2 aliphatic rings. The molecule has 0 spiro atoms. The van der Waals surface area contributed by atoms with E-state index in [9.17, 15) is 9.59 Å². The number of hydrogen-bond acceptors (Lipinski definition) is 5. The fourth-order valence-corrected chi connectivity index (χ4v) is 4.64. The molecule has 1 aliphatic carbocycles. The van der Waals surface area contributed by atoms with Crippen LogP contribution in [-0.4, -0.2) is 32.5 Å². The van der Waals surface area contributed by atoms with Gasteiger partial charge < -0.3 is 19.2 Å².